The molecule has 0 radical (unpaired) electrons. The molecule has 0 bridgehead atoms. The van der Waals surface area contributed by atoms with Gasteiger partial charge >= 0.3 is 0 Å². The molecule has 1 fully saturated rings. The van der Waals surface area contributed by atoms with Crippen LogP contribution in [-0.2, 0) is 7.05 Å². The number of rotatable bonds is 7. The number of halogens is 1. The molecule has 0 spiro atoms. The Bertz CT molecular complexity index is 1080. The second-order valence-corrected chi connectivity index (χ2v) is 8.60. The molecule has 0 atom stereocenters. The Balaban J connectivity index is 1.46. The van der Waals surface area contributed by atoms with Gasteiger partial charge in [0, 0.05) is 49.0 Å². The van der Waals surface area contributed by atoms with Crippen LogP contribution in [0.25, 0.3) is 11.4 Å². The van der Waals surface area contributed by atoms with Crippen LogP contribution < -0.4 is 14.8 Å². The molecule has 1 aromatic carbocycles. The molecule has 3 aromatic rings. The smallest absolute Gasteiger partial charge is 0.257 e. The molecule has 1 saturated heterocycles. The lowest BCUT2D eigenvalue weighted by atomic mass is 10.2. The molecule has 7 nitrogen and oxygen atoms in total. The number of amides is 1. The number of nitrogens with zero attached hydrogens (tertiary/aromatic N) is 3. The minimum atomic E-state index is -0.215. The topological polar surface area (TPSA) is 71.4 Å². The van der Waals surface area contributed by atoms with Crippen LogP contribution in [0, 0.1) is 0 Å². The molecule has 0 saturated carbocycles. The summed E-state index contributed by atoms with van der Waals surface area (Å²) in [7, 11) is 3.96. The van der Waals surface area contributed by atoms with Crippen LogP contribution in [0.3, 0.4) is 0 Å². The molecule has 9 heteroatoms. The summed E-state index contributed by atoms with van der Waals surface area (Å²) in [4.78, 5) is 19.5. The van der Waals surface area contributed by atoms with Crippen LogP contribution >= 0.6 is 23.5 Å². The van der Waals surface area contributed by atoms with Gasteiger partial charge in [0.2, 0.25) is 0 Å². The summed E-state index contributed by atoms with van der Waals surface area (Å²) < 4.78 is 10.9. The zero-order chi connectivity index (χ0) is 22.0. The predicted molar refractivity (Wildman–Crippen MR) is 127 cm³/mol. The molecule has 3 heterocycles. The second kappa shape index (κ2) is 9.21. The number of anilines is 2. The SMILES string of the molecule is CSNc1cc(Cl)cc(NC(=O)c2cc(-c3ccc(OC4CN(C)C4)cn3)n(C)c2)c1. The highest BCUT2D eigenvalue weighted by atomic mass is 35.5. The molecular weight excluding hydrogens is 434 g/mol. The maximum absolute atomic E-state index is 12.8. The first-order chi connectivity index (χ1) is 14.9. The Labute approximate surface area is 190 Å². The van der Waals surface area contributed by atoms with E-state index < -0.39 is 0 Å². The number of likely N-dealkylation sites (N-methyl/N-ethyl adjacent to an activating group) is 1. The minimum Gasteiger partial charge on any atom is -0.486 e. The molecule has 2 aromatic heterocycles. The average Bonchev–Trinajstić information content (AvgIpc) is 3.09. The van der Waals surface area contributed by atoms with Crippen LogP contribution in [0.2, 0.25) is 5.02 Å². The van der Waals surface area contributed by atoms with Gasteiger partial charge in [0.25, 0.3) is 5.91 Å². The largest absolute Gasteiger partial charge is 0.486 e. The fourth-order valence-electron chi connectivity index (χ4n) is 3.50. The Kier molecular flexibility index (Phi) is 6.41. The van der Waals surface area contributed by atoms with Gasteiger partial charge in [-0.2, -0.15) is 0 Å². The van der Waals surface area contributed by atoms with Crippen molar-refractivity contribution >= 4 is 40.8 Å². The Morgan fingerprint density at radius 3 is 2.65 bits per heavy atom. The third-order valence-corrected chi connectivity index (χ3v) is 5.63. The molecule has 31 heavy (non-hydrogen) atoms. The van der Waals surface area contributed by atoms with E-state index in [9.17, 15) is 4.79 Å². The standard InChI is InChI=1S/C22H24ClN5O2S/c1-27-12-19(13-27)30-18-4-5-20(24-10-18)21-6-14(11-28(21)2)22(29)25-16-7-15(23)8-17(9-16)26-31-3/h4-11,19,26H,12-13H2,1-3H3,(H,25,29). The van der Waals surface area contributed by atoms with Gasteiger partial charge in [-0.3, -0.25) is 14.7 Å². The summed E-state index contributed by atoms with van der Waals surface area (Å²) in [6.45, 7) is 1.86. The van der Waals surface area contributed by atoms with Crippen LogP contribution in [0.4, 0.5) is 11.4 Å². The quantitative estimate of drug-likeness (QED) is 0.513. The normalized spacial score (nSPS) is 14.2. The number of carbonyl (C=O) groups excluding carboxylic acids is 1. The number of ether oxygens (including phenoxy) is 1. The molecule has 1 aliphatic heterocycles. The van der Waals surface area contributed by atoms with Gasteiger partial charge < -0.3 is 19.3 Å². The van der Waals surface area contributed by atoms with E-state index in [-0.39, 0.29) is 12.0 Å². The van der Waals surface area contributed by atoms with Crippen molar-refractivity contribution in [1.29, 1.82) is 0 Å². The van der Waals surface area contributed by atoms with E-state index >= 15 is 0 Å². The Morgan fingerprint density at radius 2 is 1.97 bits per heavy atom. The van der Waals surface area contributed by atoms with Gasteiger partial charge in [-0.15, -0.1) is 0 Å². The van der Waals surface area contributed by atoms with Crippen LogP contribution in [0.15, 0.2) is 48.8 Å². The number of aryl methyl sites for hydroxylation is 1. The zero-order valence-corrected chi connectivity index (χ0v) is 19.1. The van der Waals surface area contributed by atoms with E-state index in [1.807, 2.05) is 42.1 Å². The van der Waals surface area contributed by atoms with E-state index in [1.165, 1.54) is 11.9 Å². The molecule has 1 aliphatic rings. The molecule has 0 aliphatic carbocycles. The van der Waals surface area contributed by atoms with Crippen molar-refractivity contribution in [2.45, 2.75) is 6.10 Å². The maximum Gasteiger partial charge on any atom is 0.257 e. The first-order valence-corrected chi connectivity index (χ1v) is 11.4. The molecule has 162 valence electrons. The lowest BCUT2D eigenvalue weighted by Gasteiger charge is -2.35. The number of benzene rings is 1. The van der Waals surface area contributed by atoms with Gasteiger partial charge in [0.15, 0.2) is 0 Å². The van der Waals surface area contributed by atoms with Crippen molar-refractivity contribution in [2.75, 3.05) is 36.4 Å². The van der Waals surface area contributed by atoms with Crippen molar-refractivity contribution in [3.05, 3.63) is 59.4 Å². The monoisotopic (exact) mass is 457 g/mol. The number of pyridine rings is 1. The summed E-state index contributed by atoms with van der Waals surface area (Å²) in [6.07, 6.45) is 5.66. The van der Waals surface area contributed by atoms with Crippen LogP contribution in [0.1, 0.15) is 10.4 Å². The first-order valence-electron chi connectivity index (χ1n) is 9.80. The van der Waals surface area contributed by atoms with Crippen molar-refractivity contribution in [2.24, 2.45) is 7.05 Å². The number of carbonyl (C=O) groups is 1. The second-order valence-electron chi connectivity index (χ2n) is 7.55. The number of hydrogen-bond donors (Lipinski definition) is 2. The number of likely N-dealkylation sites (tertiary alicyclic amines) is 1. The van der Waals surface area contributed by atoms with Gasteiger partial charge in [0.05, 0.1) is 23.1 Å². The summed E-state index contributed by atoms with van der Waals surface area (Å²) in [5.74, 6) is 0.540. The fraction of sp³-hybridized carbons (Fsp3) is 0.273. The highest BCUT2D eigenvalue weighted by Gasteiger charge is 2.25. The van der Waals surface area contributed by atoms with Gasteiger partial charge in [-0.25, -0.2) is 0 Å². The summed E-state index contributed by atoms with van der Waals surface area (Å²) in [6, 6.07) is 11.0. The number of nitrogens with one attached hydrogen (secondary N) is 2. The number of hydrogen-bond acceptors (Lipinski definition) is 6. The van der Waals surface area contributed by atoms with Gasteiger partial charge in [-0.1, -0.05) is 23.5 Å². The highest BCUT2D eigenvalue weighted by molar-refractivity contribution is 7.99. The summed E-state index contributed by atoms with van der Waals surface area (Å²) in [5, 5.41) is 3.45. The van der Waals surface area contributed by atoms with E-state index in [1.54, 1.807) is 24.5 Å². The van der Waals surface area contributed by atoms with Crippen molar-refractivity contribution < 1.29 is 9.53 Å². The lowest BCUT2D eigenvalue weighted by molar-refractivity contribution is 0.0386. The fourth-order valence-corrected chi connectivity index (χ4v) is 4.08. The molecular formula is C22H24ClN5O2S. The highest BCUT2D eigenvalue weighted by Crippen LogP contribution is 2.26. The maximum atomic E-state index is 12.8. The third kappa shape index (κ3) is 5.15. The molecule has 0 unspecified atom stereocenters. The lowest BCUT2D eigenvalue weighted by Crippen LogP contribution is -2.51. The molecule has 4 rings (SSSR count). The molecule has 1 amide bonds. The van der Waals surface area contributed by atoms with Crippen LogP contribution in [0.5, 0.6) is 5.75 Å². The van der Waals surface area contributed by atoms with Crippen LogP contribution in [-0.4, -0.2) is 52.9 Å². The Morgan fingerprint density at radius 1 is 1.19 bits per heavy atom. The third-order valence-electron chi connectivity index (χ3n) is 4.97. The summed E-state index contributed by atoms with van der Waals surface area (Å²) in [5.41, 5.74) is 3.60. The van der Waals surface area contributed by atoms with Crippen molar-refractivity contribution in [3.8, 4) is 17.1 Å². The van der Waals surface area contributed by atoms with E-state index in [0.29, 0.717) is 16.3 Å². The van der Waals surface area contributed by atoms with Gasteiger partial charge in [-0.05, 0) is 43.4 Å². The van der Waals surface area contributed by atoms with Crippen molar-refractivity contribution in [1.82, 2.24) is 14.5 Å². The average molecular weight is 458 g/mol. The zero-order valence-electron chi connectivity index (χ0n) is 17.6. The van der Waals surface area contributed by atoms with E-state index in [0.717, 1.165) is 35.9 Å². The minimum absolute atomic E-state index is 0.215. The molecule has 2 N–H and O–H groups in total. The van der Waals surface area contributed by atoms with E-state index in [2.05, 4.69) is 27.0 Å². The van der Waals surface area contributed by atoms with Gasteiger partial charge in [0.1, 0.15) is 11.9 Å². The number of aromatic nitrogens is 2. The predicted octanol–water partition coefficient (Wildman–Crippen LogP) is 4.38. The summed E-state index contributed by atoms with van der Waals surface area (Å²) >= 11 is 7.62. The Hall–Kier alpha value is -2.68. The van der Waals surface area contributed by atoms with Crippen molar-refractivity contribution in [3.63, 3.8) is 0 Å². The first kappa shape index (κ1) is 21.5. The van der Waals surface area contributed by atoms with E-state index in [4.69, 9.17) is 16.3 Å².